The summed E-state index contributed by atoms with van der Waals surface area (Å²) in [6.07, 6.45) is 0. The normalized spacial score (nSPS) is 13.0. The highest BCUT2D eigenvalue weighted by atomic mass is 35.5. The van der Waals surface area contributed by atoms with E-state index >= 15 is 0 Å². The van der Waals surface area contributed by atoms with Crippen molar-refractivity contribution >= 4 is 60.5 Å². The molecule has 2 rings (SSSR count). The van der Waals surface area contributed by atoms with Crippen molar-refractivity contribution < 1.29 is 0 Å². The van der Waals surface area contributed by atoms with Crippen molar-refractivity contribution in [1.29, 1.82) is 0 Å². The van der Waals surface area contributed by atoms with E-state index in [1.54, 1.807) is 0 Å². The average molecular weight is 341 g/mol. The average Bonchev–Trinajstić information content (AvgIpc) is 2.27. The zero-order valence-corrected chi connectivity index (χ0v) is 16.6. The number of hydrogen-bond donors (Lipinski definition) is 0. The molecule has 0 heterocycles. The van der Waals surface area contributed by atoms with Gasteiger partial charge in [-0.2, -0.15) is 0 Å². The van der Waals surface area contributed by atoms with Gasteiger partial charge >= 0.3 is 0 Å². The topological polar surface area (TPSA) is 0 Å². The monoisotopic (exact) mass is 340 g/mol. The van der Waals surface area contributed by atoms with Crippen molar-refractivity contribution in [2.45, 2.75) is 39.3 Å². The molecule has 0 unspecified atom stereocenters. The molecule has 0 amide bonds. The van der Waals surface area contributed by atoms with Gasteiger partial charge in [0.25, 0.3) is 0 Å². The number of rotatable bonds is 2. The first-order valence-corrected chi connectivity index (χ1v) is 14.7. The molecule has 2 aromatic carbocycles. The lowest BCUT2D eigenvalue weighted by atomic mass is 10.1. The lowest BCUT2D eigenvalue weighted by Gasteiger charge is -2.23. The summed E-state index contributed by atoms with van der Waals surface area (Å²) >= 11 is 13.3. The molecule has 2 aromatic rings. The Morgan fingerprint density at radius 1 is 0.600 bits per heavy atom. The third-order valence-electron chi connectivity index (χ3n) is 3.69. The second kappa shape index (κ2) is 5.17. The Balaban J connectivity index is 2.79. The summed E-state index contributed by atoms with van der Waals surface area (Å²) in [5, 5.41) is 6.60. The molecule has 0 radical (unpaired) electrons. The van der Waals surface area contributed by atoms with Crippen molar-refractivity contribution in [1.82, 2.24) is 0 Å². The molecule has 108 valence electrons. The van der Waals surface area contributed by atoms with E-state index in [9.17, 15) is 0 Å². The molecule has 0 aromatic heterocycles. The first kappa shape index (κ1) is 16.1. The first-order valence-electron chi connectivity index (χ1n) is 6.95. The predicted octanol–water partition coefficient (Wildman–Crippen LogP) is 5.24. The van der Waals surface area contributed by atoms with Crippen molar-refractivity contribution in [2.24, 2.45) is 0 Å². The molecule has 0 aliphatic heterocycles. The van der Waals surface area contributed by atoms with E-state index in [-0.39, 0.29) is 0 Å². The second-order valence-electron chi connectivity index (χ2n) is 7.45. The minimum atomic E-state index is -1.43. The Hall–Kier alpha value is -0.286. The maximum absolute atomic E-state index is 6.65. The Kier molecular flexibility index (Phi) is 4.16. The van der Waals surface area contributed by atoms with Crippen molar-refractivity contribution in [3.05, 3.63) is 34.3 Å². The first-order chi connectivity index (χ1) is 9.03. The fraction of sp³-hybridized carbons (Fsp3) is 0.375. The predicted molar refractivity (Wildman–Crippen MR) is 99.9 cm³/mol. The smallest absolute Gasteiger partial charge is 0.0795 e. The lowest BCUT2D eigenvalue weighted by Crippen LogP contribution is -2.39. The largest absolute Gasteiger partial charge is 0.0838 e. The molecule has 0 fully saturated rings. The van der Waals surface area contributed by atoms with Gasteiger partial charge in [0.1, 0.15) is 0 Å². The van der Waals surface area contributed by atoms with E-state index in [1.807, 2.05) is 0 Å². The number of hydrogen-bond acceptors (Lipinski definition) is 0. The molecule has 0 aliphatic rings. The van der Waals surface area contributed by atoms with E-state index in [4.69, 9.17) is 23.2 Å². The zero-order valence-electron chi connectivity index (χ0n) is 13.1. The van der Waals surface area contributed by atoms with Crippen molar-refractivity contribution in [3.8, 4) is 0 Å². The van der Waals surface area contributed by atoms with Crippen LogP contribution in [0, 0.1) is 0 Å². The van der Waals surface area contributed by atoms with Crippen LogP contribution in [0.2, 0.25) is 49.3 Å². The highest BCUT2D eigenvalue weighted by molar-refractivity contribution is 6.91. The summed E-state index contributed by atoms with van der Waals surface area (Å²) in [6.45, 7) is 13.9. The molecule has 0 bridgehead atoms. The van der Waals surface area contributed by atoms with Gasteiger partial charge in [0.2, 0.25) is 0 Å². The van der Waals surface area contributed by atoms with Crippen LogP contribution in [0.25, 0.3) is 10.8 Å². The van der Waals surface area contributed by atoms with Gasteiger partial charge < -0.3 is 0 Å². The lowest BCUT2D eigenvalue weighted by molar-refractivity contribution is 1.69. The highest BCUT2D eigenvalue weighted by Crippen LogP contribution is 2.29. The molecule has 0 aliphatic carbocycles. The van der Waals surface area contributed by atoms with E-state index in [1.165, 1.54) is 10.4 Å². The number of fused-ring (bicyclic) bond motifs is 1. The Bertz CT molecular complexity index is 605. The molecule has 0 spiro atoms. The summed E-state index contributed by atoms with van der Waals surface area (Å²) in [5.74, 6) is 0. The highest BCUT2D eigenvalue weighted by Gasteiger charge is 2.24. The van der Waals surface area contributed by atoms with Gasteiger partial charge in [0.05, 0.1) is 16.1 Å². The van der Waals surface area contributed by atoms with E-state index < -0.39 is 16.1 Å². The van der Waals surface area contributed by atoms with Gasteiger partial charge in [-0.15, -0.1) is 0 Å². The van der Waals surface area contributed by atoms with Gasteiger partial charge in [-0.25, -0.2) is 0 Å². The van der Waals surface area contributed by atoms with Crippen LogP contribution in [0.1, 0.15) is 0 Å². The maximum Gasteiger partial charge on any atom is 0.0795 e. The molecular weight excluding hydrogens is 319 g/mol. The molecule has 0 atom stereocenters. The molecule has 0 nitrogen and oxygen atoms in total. The van der Waals surface area contributed by atoms with Gasteiger partial charge in [-0.1, -0.05) is 86.7 Å². The zero-order chi connectivity index (χ0) is 15.3. The summed E-state index contributed by atoms with van der Waals surface area (Å²) < 4.78 is 0. The Labute approximate surface area is 134 Å². The maximum atomic E-state index is 6.65. The van der Waals surface area contributed by atoms with Crippen molar-refractivity contribution in [2.75, 3.05) is 0 Å². The second-order valence-corrected chi connectivity index (χ2v) is 18.3. The van der Waals surface area contributed by atoms with Gasteiger partial charge in [0, 0.05) is 20.8 Å². The van der Waals surface area contributed by atoms with Crippen LogP contribution in [0.15, 0.2) is 24.3 Å². The quantitative estimate of drug-likeness (QED) is 0.656. The van der Waals surface area contributed by atoms with Crippen LogP contribution in [0.4, 0.5) is 0 Å². The van der Waals surface area contributed by atoms with Gasteiger partial charge in [-0.05, 0) is 10.4 Å². The van der Waals surface area contributed by atoms with Gasteiger partial charge in [-0.3, -0.25) is 0 Å². The Morgan fingerprint density at radius 3 is 1.15 bits per heavy atom. The van der Waals surface area contributed by atoms with Crippen LogP contribution >= 0.6 is 23.2 Å². The molecular formula is C16H22Cl2Si2. The van der Waals surface area contributed by atoms with E-state index in [2.05, 4.69) is 63.5 Å². The molecule has 0 saturated carbocycles. The van der Waals surface area contributed by atoms with E-state index in [0.717, 1.165) is 20.8 Å². The SMILES string of the molecule is C[Si](C)(C)c1ccc2c(Cl)c([Si](C)(C)C)ccc2c1Cl. The minimum absolute atomic E-state index is 0.894. The number of benzene rings is 2. The van der Waals surface area contributed by atoms with Crippen LogP contribution in [0.5, 0.6) is 0 Å². The van der Waals surface area contributed by atoms with Crippen LogP contribution in [0.3, 0.4) is 0 Å². The fourth-order valence-corrected chi connectivity index (χ4v) is 7.40. The van der Waals surface area contributed by atoms with Gasteiger partial charge in [0.15, 0.2) is 0 Å². The molecule has 20 heavy (non-hydrogen) atoms. The standard InChI is InChI=1S/C16H22Cl2Si2/c1-19(2,3)13-9-7-12-11(15(13)17)8-10-14(16(12)18)20(4,5)6/h7-10H,1-6H3. The van der Waals surface area contributed by atoms with Crippen LogP contribution < -0.4 is 10.4 Å². The summed E-state index contributed by atoms with van der Waals surface area (Å²) in [7, 11) is -2.86. The summed E-state index contributed by atoms with van der Waals surface area (Å²) in [5.41, 5.74) is 0. The third kappa shape index (κ3) is 2.84. The molecule has 0 N–H and O–H groups in total. The summed E-state index contributed by atoms with van der Waals surface area (Å²) in [6, 6.07) is 8.66. The van der Waals surface area contributed by atoms with E-state index in [0.29, 0.717) is 0 Å². The minimum Gasteiger partial charge on any atom is -0.0838 e. The summed E-state index contributed by atoms with van der Waals surface area (Å²) in [4.78, 5) is 0. The fourth-order valence-electron chi connectivity index (χ4n) is 2.49. The molecule has 4 heteroatoms. The number of halogens is 2. The third-order valence-corrected chi connectivity index (χ3v) is 8.88. The van der Waals surface area contributed by atoms with Crippen LogP contribution in [-0.2, 0) is 0 Å². The van der Waals surface area contributed by atoms with Crippen molar-refractivity contribution in [3.63, 3.8) is 0 Å². The molecule has 0 saturated heterocycles. The van der Waals surface area contributed by atoms with Crippen LogP contribution in [-0.4, -0.2) is 16.1 Å². The Morgan fingerprint density at radius 2 is 0.900 bits per heavy atom.